The fourth-order valence-corrected chi connectivity index (χ4v) is 3.94. The Kier molecular flexibility index (Phi) is 7.61. The molecule has 31 heavy (non-hydrogen) atoms. The molecule has 10 heteroatoms. The summed E-state index contributed by atoms with van der Waals surface area (Å²) in [6.45, 7) is 2.73. The van der Waals surface area contributed by atoms with E-state index in [9.17, 15) is 18.0 Å². The molecule has 1 heterocycles. The lowest BCUT2D eigenvalue weighted by Crippen LogP contribution is -2.16. The maximum Gasteiger partial charge on any atom is 0.417 e. The molecule has 2 aromatic carbocycles. The molecule has 0 saturated heterocycles. The minimum atomic E-state index is -4.60. The number of amides is 1. The number of aromatic nitrogens is 3. The molecule has 0 radical (unpaired) electrons. The van der Waals surface area contributed by atoms with Crippen molar-refractivity contribution in [1.82, 2.24) is 14.8 Å². The highest BCUT2D eigenvalue weighted by atomic mass is 35.5. The van der Waals surface area contributed by atoms with E-state index in [1.165, 1.54) is 17.8 Å². The Morgan fingerprint density at radius 1 is 1.16 bits per heavy atom. The van der Waals surface area contributed by atoms with Crippen molar-refractivity contribution in [2.45, 2.75) is 37.6 Å². The molecule has 0 aliphatic rings. The van der Waals surface area contributed by atoms with Gasteiger partial charge in [0.15, 0.2) is 5.16 Å². The first kappa shape index (κ1) is 23.1. The monoisotopic (exact) mass is 468 g/mol. The lowest BCUT2D eigenvalue weighted by Gasteiger charge is -2.12. The summed E-state index contributed by atoms with van der Waals surface area (Å²) in [4.78, 5) is 12.3. The van der Waals surface area contributed by atoms with Crippen LogP contribution in [0.4, 0.5) is 18.9 Å². The van der Waals surface area contributed by atoms with Gasteiger partial charge in [0.25, 0.3) is 0 Å². The first-order valence-corrected chi connectivity index (χ1v) is 10.9. The zero-order chi connectivity index (χ0) is 22.4. The Morgan fingerprint density at radius 3 is 2.58 bits per heavy atom. The largest absolute Gasteiger partial charge is 0.417 e. The summed E-state index contributed by atoms with van der Waals surface area (Å²) in [5.74, 6) is 0.330. The molecule has 164 valence electrons. The van der Waals surface area contributed by atoms with Crippen LogP contribution in [0.15, 0.2) is 53.7 Å². The highest BCUT2D eigenvalue weighted by Gasteiger charge is 2.33. The molecule has 5 nitrogen and oxygen atoms in total. The van der Waals surface area contributed by atoms with E-state index in [0.717, 1.165) is 29.9 Å². The third kappa shape index (κ3) is 6.24. The zero-order valence-corrected chi connectivity index (χ0v) is 18.2. The number of thioether (sulfide) groups is 1. The second-order valence-electron chi connectivity index (χ2n) is 6.74. The molecule has 0 fully saturated rings. The van der Waals surface area contributed by atoms with Crippen LogP contribution in [0.3, 0.4) is 0 Å². The zero-order valence-electron chi connectivity index (χ0n) is 16.6. The van der Waals surface area contributed by atoms with Gasteiger partial charge in [-0.3, -0.25) is 4.79 Å². The molecule has 3 aromatic rings. The van der Waals surface area contributed by atoms with Crippen molar-refractivity contribution in [3.63, 3.8) is 0 Å². The normalized spacial score (nSPS) is 11.5. The number of anilines is 1. The first-order chi connectivity index (χ1) is 14.8. The minimum absolute atomic E-state index is 0.0167. The number of nitrogens with one attached hydrogen (secondary N) is 1. The Hall–Kier alpha value is -2.52. The number of rotatable bonds is 8. The van der Waals surface area contributed by atoms with E-state index in [0.29, 0.717) is 18.1 Å². The van der Waals surface area contributed by atoms with Crippen molar-refractivity contribution >= 4 is 35.0 Å². The summed E-state index contributed by atoms with van der Waals surface area (Å²) in [7, 11) is 0. The third-order valence-electron chi connectivity index (χ3n) is 4.33. The minimum Gasteiger partial charge on any atom is -0.325 e. The van der Waals surface area contributed by atoms with Gasteiger partial charge in [-0.05, 0) is 30.2 Å². The number of hydrogen-bond acceptors (Lipinski definition) is 4. The van der Waals surface area contributed by atoms with Crippen LogP contribution in [0.25, 0.3) is 0 Å². The highest BCUT2D eigenvalue weighted by Crippen LogP contribution is 2.36. The molecule has 0 atom stereocenters. The third-order valence-corrected chi connectivity index (χ3v) is 5.63. The van der Waals surface area contributed by atoms with Gasteiger partial charge in [-0.15, -0.1) is 10.2 Å². The number of halogens is 4. The standard InChI is InChI=1S/C21H20ClF3N4OS/c1-2-10-29-18(11-14-6-4-3-5-7-14)27-28-20(29)31-13-19(30)26-15-8-9-17(22)16(12-15)21(23,24)25/h3-9,12H,2,10-11,13H2,1H3,(H,26,30). The van der Waals surface area contributed by atoms with Crippen molar-refractivity contribution < 1.29 is 18.0 Å². The molecule has 0 unspecified atom stereocenters. The molecule has 1 N–H and O–H groups in total. The molecule has 0 spiro atoms. The highest BCUT2D eigenvalue weighted by molar-refractivity contribution is 7.99. The average molecular weight is 469 g/mol. The predicted octanol–water partition coefficient (Wildman–Crippen LogP) is 5.68. The number of alkyl halides is 3. The van der Waals surface area contributed by atoms with Crippen LogP contribution in [-0.2, 0) is 23.9 Å². The van der Waals surface area contributed by atoms with E-state index in [4.69, 9.17) is 11.6 Å². The van der Waals surface area contributed by atoms with Crippen LogP contribution >= 0.6 is 23.4 Å². The summed E-state index contributed by atoms with van der Waals surface area (Å²) >= 11 is 6.80. The van der Waals surface area contributed by atoms with Crippen LogP contribution in [0.2, 0.25) is 5.02 Å². The van der Waals surface area contributed by atoms with E-state index in [1.807, 2.05) is 41.8 Å². The van der Waals surface area contributed by atoms with Gasteiger partial charge < -0.3 is 9.88 Å². The Labute approximate surface area is 187 Å². The van der Waals surface area contributed by atoms with Gasteiger partial charge in [0, 0.05) is 18.7 Å². The van der Waals surface area contributed by atoms with Crippen LogP contribution in [0.5, 0.6) is 0 Å². The Balaban J connectivity index is 1.66. The van der Waals surface area contributed by atoms with Crippen molar-refractivity contribution in [3.05, 3.63) is 70.5 Å². The van der Waals surface area contributed by atoms with Gasteiger partial charge in [-0.2, -0.15) is 13.2 Å². The lowest BCUT2D eigenvalue weighted by molar-refractivity contribution is -0.137. The maximum absolute atomic E-state index is 13.0. The van der Waals surface area contributed by atoms with Crippen LogP contribution < -0.4 is 5.32 Å². The van der Waals surface area contributed by atoms with Gasteiger partial charge in [0.2, 0.25) is 5.91 Å². The molecule has 0 bridgehead atoms. The van der Waals surface area contributed by atoms with E-state index >= 15 is 0 Å². The van der Waals surface area contributed by atoms with Crippen molar-refractivity contribution in [2.24, 2.45) is 0 Å². The number of carbonyl (C=O) groups is 1. The summed E-state index contributed by atoms with van der Waals surface area (Å²) < 4.78 is 40.9. The van der Waals surface area contributed by atoms with Crippen LogP contribution in [-0.4, -0.2) is 26.4 Å². The molecular weight excluding hydrogens is 449 g/mol. The Bertz CT molecular complexity index is 1040. The van der Waals surface area contributed by atoms with Gasteiger partial charge in [0.05, 0.1) is 16.3 Å². The molecule has 1 aromatic heterocycles. The second-order valence-corrected chi connectivity index (χ2v) is 8.09. The number of carbonyl (C=O) groups excluding carboxylic acids is 1. The fourth-order valence-electron chi connectivity index (χ4n) is 2.93. The SMILES string of the molecule is CCCn1c(Cc2ccccc2)nnc1SCC(=O)Nc1ccc(Cl)c(C(F)(F)F)c1. The van der Waals surface area contributed by atoms with E-state index in [1.54, 1.807) is 0 Å². The summed E-state index contributed by atoms with van der Waals surface area (Å²) in [5.41, 5.74) is 0.139. The van der Waals surface area contributed by atoms with Gasteiger partial charge >= 0.3 is 6.18 Å². The number of hydrogen-bond donors (Lipinski definition) is 1. The molecule has 0 aliphatic heterocycles. The molecular formula is C21H20ClF3N4OS. The first-order valence-electron chi connectivity index (χ1n) is 9.53. The van der Waals surface area contributed by atoms with E-state index < -0.39 is 22.7 Å². The van der Waals surface area contributed by atoms with Crippen LogP contribution in [0.1, 0.15) is 30.3 Å². The quantitative estimate of drug-likeness (QED) is 0.432. The Morgan fingerprint density at radius 2 is 1.90 bits per heavy atom. The van der Waals surface area contributed by atoms with Gasteiger partial charge in [-0.1, -0.05) is 60.6 Å². The smallest absolute Gasteiger partial charge is 0.325 e. The maximum atomic E-state index is 13.0. The molecule has 1 amide bonds. The summed E-state index contributed by atoms with van der Waals surface area (Å²) in [6, 6.07) is 13.1. The molecule has 3 rings (SSSR count). The lowest BCUT2D eigenvalue weighted by atomic mass is 10.1. The van der Waals surface area contributed by atoms with Gasteiger partial charge in [-0.25, -0.2) is 0 Å². The summed E-state index contributed by atoms with van der Waals surface area (Å²) in [5, 5.41) is 11.1. The molecule has 0 saturated carbocycles. The summed E-state index contributed by atoms with van der Waals surface area (Å²) in [6.07, 6.45) is -3.12. The fraction of sp³-hybridized carbons (Fsp3) is 0.286. The van der Waals surface area contributed by atoms with Crippen molar-refractivity contribution in [3.8, 4) is 0 Å². The van der Waals surface area contributed by atoms with E-state index in [-0.39, 0.29) is 11.4 Å². The number of nitrogens with zero attached hydrogens (tertiary/aromatic N) is 3. The van der Waals surface area contributed by atoms with Crippen molar-refractivity contribution in [2.75, 3.05) is 11.1 Å². The van der Waals surface area contributed by atoms with Crippen LogP contribution in [0, 0.1) is 0 Å². The predicted molar refractivity (Wildman–Crippen MR) is 115 cm³/mol. The number of benzene rings is 2. The topological polar surface area (TPSA) is 59.8 Å². The van der Waals surface area contributed by atoms with Gasteiger partial charge in [0.1, 0.15) is 5.82 Å². The molecule has 0 aliphatic carbocycles. The van der Waals surface area contributed by atoms with Crippen molar-refractivity contribution in [1.29, 1.82) is 0 Å². The van der Waals surface area contributed by atoms with E-state index in [2.05, 4.69) is 15.5 Å². The average Bonchev–Trinajstić information content (AvgIpc) is 3.09. The second kappa shape index (κ2) is 10.2.